The van der Waals surface area contributed by atoms with Crippen molar-refractivity contribution in [1.29, 1.82) is 0 Å². The van der Waals surface area contributed by atoms with Crippen LogP contribution in [0.5, 0.6) is 0 Å². The van der Waals surface area contributed by atoms with E-state index in [9.17, 15) is 19.7 Å². The maximum atomic E-state index is 12.4. The lowest BCUT2D eigenvalue weighted by molar-refractivity contribution is -0.384. The minimum absolute atomic E-state index is 0.0354. The number of esters is 1. The molecule has 2 aromatic carbocycles. The van der Waals surface area contributed by atoms with E-state index in [0.29, 0.717) is 34.3 Å². The van der Waals surface area contributed by atoms with Gasteiger partial charge in [0.25, 0.3) is 5.69 Å². The van der Waals surface area contributed by atoms with Crippen LogP contribution in [0.25, 0.3) is 11.4 Å². The first kappa shape index (κ1) is 22.9. The highest BCUT2D eigenvalue weighted by molar-refractivity contribution is 7.99. The number of carbonyl (C=O) groups is 2. The molecule has 0 saturated carbocycles. The Morgan fingerprint density at radius 2 is 1.94 bits per heavy atom. The zero-order chi connectivity index (χ0) is 23.1. The number of hydrogen-bond acceptors (Lipinski definition) is 8. The minimum atomic E-state index is -0.465. The maximum absolute atomic E-state index is 12.4. The number of ether oxygens (including phenoxy) is 1. The van der Waals surface area contributed by atoms with Crippen molar-refractivity contribution in [2.45, 2.75) is 25.5 Å². The van der Waals surface area contributed by atoms with Crippen molar-refractivity contribution in [1.82, 2.24) is 14.8 Å². The summed E-state index contributed by atoms with van der Waals surface area (Å²) in [6.45, 7) is 4.41. The number of carbonyl (C=O) groups excluding carboxylic acids is 2. The molecule has 0 aliphatic carbocycles. The summed E-state index contributed by atoms with van der Waals surface area (Å²) in [5, 5.41) is 22.6. The predicted octanol–water partition coefficient (Wildman–Crippen LogP) is 3.78. The molecule has 1 N–H and O–H groups in total. The van der Waals surface area contributed by atoms with E-state index in [-0.39, 0.29) is 24.0 Å². The van der Waals surface area contributed by atoms with Crippen LogP contribution in [0.2, 0.25) is 0 Å². The van der Waals surface area contributed by atoms with E-state index < -0.39 is 10.9 Å². The van der Waals surface area contributed by atoms with Crippen LogP contribution < -0.4 is 5.32 Å². The third-order valence-electron chi connectivity index (χ3n) is 4.34. The fraction of sp³-hybridized carbons (Fsp3) is 0.238. The Kier molecular flexibility index (Phi) is 7.55. The molecular formula is C21H21N5O5S. The van der Waals surface area contributed by atoms with Gasteiger partial charge in [0.05, 0.1) is 22.8 Å². The van der Waals surface area contributed by atoms with Gasteiger partial charge in [0, 0.05) is 29.9 Å². The number of rotatable bonds is 9. The molecule has 11 heteroatoms. The second-order valence-electron chi connectivity index (χ2n) is 6.50. The molecule has 1 heterocycles. The Bertz CT molecular complexity index is 1150. The van der Waals surface area contributed by atoms with Crippen LogP contribution in [-0.4, -0.2) is 43.9 Å². The fourth-order valence-electron chi connectivity index (χ4n) is 2.92. The Morgan fingerprint density at radius 1 is 1.16 bits per heavy atom. The Morgan fingerprint density at radius 3 is 2.66 bits per heavy atom. The summed E-state index contributed by atoms with van der Waals surface area (Å²) in [6, 6.07) is 12.7. The van der Waals surface area contributed by atoms with Gasteiger partial charge in [0.2, 0.25) is 5.91 Å². The number of amides is 1. The number of hydrogen-bond donors (Lipinski definition) is 1. The molecule has 0 unspecified atom stereocenters. The van der Waals surface area contributed by atoms with Gasteiger partial charge in [0.1, 0.15) is 0 Å². The zero-order valence-corrected chi connectivity index (χ0v) is 18.3. The van der Waals surface area contributed by atoms with Crippen molar-refractivity contribution in [2.75, 3.05) is 17.7 Å². The van der Waals surface area contributed by atoms with Crippen molar-refractivity contribution in [3.05, 3.63) is 64.2 Å². The van der Waals surface area contributed by atoms with Gasteiger partial charge in [-0.2, -0.15) is 0 Å². The number of aromatic nitrogens is 3. The molecule has 0 saturated heterocycles. The number of anilines is 1. The van der Waals surface area contributed by atoms with E-state index in [0.717, 1.165) is 0 Å². The molecule has 3 aromatic rings. The molecule has 0 aliphatic heterocycles. The number of non-ortho nitro benzene ring substituents is 1. The molecule has 0 atom stereocenters. The monoisotopic (exact) mass is 455 g/mol. The van der Waals surface area contributed by atoms with Crippen LogP contribution in [-0.2, 0) is 16.1 Å². The van der Waals surface area contributed by atoms with E-state index >= 15 is 0 Å². The molecule has 0 fully saturated rings. The Hall–Kier alpha value is -3.73. The van der Waals surface area contributed by atoms with Crippen molar-refractivity contribution in [3.63, 3.8) is 0 Å². The molecule has 0 aliphatic rings. The molecule has 0 spiro atoms. The van der Waals surface area contributed by atoms with Crippen LogP contribution in [0.4, 0.5) is 11.4 Å². The number of nitro groups is 1. The first-order valence-corrected chi connectivity index (χ1v) is 10.8. The van der Waals surface area contributed by atoms with Gasteiger partial charge >= 0.3 is 5.97 Å². The van der Waals surface area contributed by atoms with Crippen molar-refractivity contribution < 1.29 is 19.2 Å². The second kappa shape index (κ2) is 10.5. The van der Waals surface area contributed by atoms with E-state index in [4.69, 9.17) is 4.74 Å². The average molecular weight is 455 g/mol. The summed E-state index contributed by atoms with van der Waals surface area (Å²) < 4.78 is 6.76. The highest BCUT2D eigenvalue weighted by Gasteiger charge is 2.17. The molecule has 3 rings (SSSR count). The molecule has 0 bridgehead atoms. The smallest absolute Gasteiger partial charge is 0.338 e. The molecule has 0 radical (unpaired) electrons. The Balaban J connectivity index is 1.68. The summed E-state index contributed by atoms with van der Waals surface area (Å²) in [7, 11) is 0. The second-order valence-corrected chi connectivity index (χ2v) is 7.44. The quantitative estimate of drug-likeness (QED) is 0.223. The molecule has 10 nitrogen and oxygen atoms in total. The largest absolute Gasteiger partial charge is 0.462 e. The van der Waals surface area contributed by atoms with Gasteiger partial charge in [-0.05, 0) is 32.0 Å². The third-order valence-corrected chi connectivity index (χ3v) is 5.30. The summed E-state index contributed by atoms with van der Waals surface area (Å²) >= 11 is 1.20. The van der Waals surface area contributed by atoms with Crippen LogP contribution >= 0.6 is 11.8 Å². The molecular weight excluding hydrogens is 434 g/mol. The third kappa shape index (κ3) is 5.49. The highest BCUT2D eigenvalue weighted by atomic mass is 32.2. The number of nitrogens with one attached hydrogen (secondary N) is 1. The summed E-state index contributed by atoms with van der Waals surface area (Å²) in [5.74, 6) is -0.182. The number of nitrogens with zero attached hydrogens (tertiary/aromatic N) is 4. The van der Waals surface area contributed by atoms with Gasteiger partial charge in [-0.15, -0.1) is 10.2 Å². The average Bonchev–Trinajstić information content (AvgIpc) is 3.21. The first-order valence-electron chi connectivity index (χ1n) is 9.80. The summed E-state index contributed by atoms with van der Waals surface area (Å²) in [6.07, 6.45) is 0. The maximum Gasteiger partial charge on any atom is 0.338 e. The predicted molar refractivity (Wildman–Crippen MR) is 120 cm³/mol. The lowest BCUT2D eigenvalue weighted by Crippen LogP contribution is -2.15. The van der Waals surface area contributed by atoms with Gasteiger partial charge in [-0.25, -0.2) is 4.79 Å². The minimum Gasteiger partial charge on any atom is -0.462 e. The lowest BCUT2D eigenvalue weighted by atomic mass is 10.2. The number of benzene rings is 2. The van der Waals surface area contributed by atoms with E-state index in [1.54, 1.807) is 47.9 Å². The summed E-state index contributed by atoms with van der Waals surface area (Å²) in [5.41, 5.74) is 1.37. The Labute approximate surface area is 188 Å². The topological polar surface area (TPSA) is 129 Å². The first-order chi connectivity index (χ1) is 15.4. The van der Waals surface area contributed by atoms with Crippen LogP contribution in [0.15, 0.2) is 53.7 Å². The standard InChI is InChI=1S/C21H21N5O5S/c1-3-25-19(14-7-6-10-17(12-14)26(29)30)23-24-21(25)32-13-18(27)22-16-9-5-8-15(11-16)20(28)31-4-2/h5-12H,3-4,13H2,1-2H3,(H,22,27). The normalized spacial score (nSPS) is 10.6. The van der Waals surface area contributed by atoms with Gasteiger partial charge < -0.3 is 14.6 Å². The lowest BCUT2D eigenvalue weighted by Gasteiger charge is -2.09. The number of thioether (sulfide) groups is 1. The SMILES string of the molecule is CCOC(=O)c1cccc(NC(=O)CSc2nnc(-c3cccc([N+](=O)[O-])c3)n2CC)c1. The molecule has 32 heavy (non-hydrogen) atoms. The van der Waals surface area contributed by atoms with Crippen molar-refractivity contribution in [2.24, 2.45) is 0 Å². The van der Waals surface area contributed by atoms with Gasteiger partial charge in [0.15, 0.2) is 11.0 Å². The molecule has 166 valence electrons. The van der Waals surface area contributed by atoms with Crippen LogP contribution in [0, 0.1) is 10.1 Å². The zero-order valence-electron chi connectivity index (χ0n) is 17.5. The number of nitro benzene ring substituents is 1. The van der Waals surface area contributed by atoms with E-state index in [1.807, 2.05) is 6.92 Å². The van der Waals surface area contributed by atoms with E-state index in [1.165, 1.54) is 23.9 Å². The molecule has 1 amide bonds. The van der Waals surface area contributed by atoms with Gasteiger partial charge in [-0.1, -0.05) is 30.0 Å². The highest BCUT2D eigenvalue weighted by Crippen LogP contribution is 2.26. The van der Waals surface area contributed by atoms with Crippen LogP contribution in [0.1, 0.15) is 24.2 Å². The fourth-order valence-corrected chi connectivity index (χ4v) is 3.72. The van der Waals surface area contributed by atoms with Crippen LogP contribution in [0.3, 0.4) is 0 Å². The van der Waals surface area contributed by atoms with E-state index in [2.05, 4.69) is 15.5 Å². The van der Waals surface area contributed by atoms with Gasteiger partial charge in [-0.3, -0.25) is 14.9 Å². The molecule has 1 aromatic heterocycles. The van der Waals surface area contributed by atoms with Crippen molar-refractivity contribution in [3.8, 4) is 11.4 Å². The summed E-state index contributed by atoms with van der Waals surface area (Å²) in [4.78, 5) is 34.8. The van der Waals surface area contributed by atoms with Crippen molar-refractivity contribution >= 4 is 35.0 Å².